The molecule has 2 aliphatic heterocycles. The highest BCUT2D eigenvalue weighted by molar-refractivity contribution is 5.95. The lowest BCUT2D eigenvalue weighted by molar-refractivity contribution is -0.127. The molecule has 1 aromatic heterocycles. The zero-order chi connectivity index (χ0) is 19.5. The number of hydrogen-bond acceptors (Lipinski definition) is 4. The number of piperidine rings is 2. The first-order valence-corrected chi connectivity index (χ1v) is 11.0. The molecule has 3 heterocycles. The quantitative estimate of drug-likeness (QED) is 0.782. The van der Waals surface area contributed by atoms with Crippen LogP contribution in [-0.2, 0) is 11.2 Å². The van der Waals surface area contributed by atoms with Gasteiger partial charge in [0, 0.05) is 37.4 Å². The fourth-order valence-corrected chi connectivity index (χ4v) is 4.64. The first-order chi connectivity index (χ1) is 13.7. The molecule has 0 bridgehead atoms. The van der Waals surface area contributed by atoms with Crippen molar-refractivity contribution < 1.29 is 9.59 Å². The van der Waals surface area contributed by atoms with Crippen LogP contribution in [0.5, 0.6) is 0 Å². The Morgan fingerprint density at radius 2 is 1.96 bits per heavy atom. The van der Waals surface area contributed by atoms with E-state index in [4.69, 9.17) is 0 Å². The van der Waals surface area contributed by atoms with Crippen molar-refractivity contribution in [3.63, 3.8) is 0 Å². The van der Waals surface area contributed by atoms with E-state index in [1.165, 1.54) is 0 Å². The van der Waals surface area contributed by atoms with E-state index in [1.54, 1.807) is 6.20 Å². The van der Waals surface area contributed by atoms with E-state index in [1.807, 2.05) is 4.90 Å². The lowest BCUT2D eigenvalue weighted by Gasteiger charge is -2.42. The molecule has 1 aromatic rings. The molecule has 3 fully saturated rings. The van der Waals surface area contributed by atoms with Crippen LogP contribution in [-0.4, -0.2) is 70.1 Å². The van der Waals surface area contributed by atoms with Gasteiger partial charge in [0.25, 0.3) is 5.91 Å². The monoisotopic (exact) mass is 387 g/mol. The number of likely N-dealkylation sites (tertiary alicyclic amines) is 2. The normalized spacial score (nSPS) is 24.3. The minimum absolute atomic E-state index is 0.107. The Morgan fingerprint density at radius 3 is 2.68 bits per heavy atom. The average molecular weight is 388 g/mol. The highest BCUT2D eigenvalue weighted by Gasteiger charge is 2.34. The van der Waals surface area contributed by atoms with Gasteiger partial charge in [-0.15, -0.1) is 0 Å². The zero-order valence-electron chi connectivity index (χ0n) is 17.0. The minimum Gasteiger partial charge on any atom is -0.353 e. The molecule has 7 heteroatoms. The van der Waals surface area contributed by atoms with Gasteiger partial charge in [-0.2, -0.15) is 5.10 Å². The summed E-state index contributed by atoms with van der Waals surface area (Å²) in [6, 6.07) is 0.928. The van der Waals surface area contributed by atoms with E-state index >= 15 is 0 Å². The molecule has 1 saturated carbocycles. The SMILES string of the molecule is CCCc1[nH]ncc1C(=O)N1CCC(N2CCC[C@@H](C(=O)NC3CC3)C2)CC1. The van der Waals surface area contributed by atoms with Crippen molar-refractivity contribution in [1.82, 2.24) is 25.3 Å². The number of hydrogen-bond donors (Lipinski definition) is 2. The van der Waals surface area contributed by atoms with Crippen molar-refractivity contribution in [2.45, 2.75) is 70.4 Å². The number of aromatic nitrogens is 2. The van der Waals surface area contributed by atoms with Crippen molar-refractivity contribution in [3.8, 4) is 0 Å². The fourth-order valence-electron chi connectivity index (χ4n) is 4.64. The summed E-state index contributed by atoms with van der Waals surface area (Å²) in [5.41, 5.74) is 1.69. The van der Waals surface area contributed by atoms with Crippen LogP contribution in [0.3, 0.4) is 0 Å². The van der Waals surface area contributed by atoms with Crippen LogP contribution in [0.1, 0.15) is 67.9 Å². The number of amides is 2. The third kappa shape index (κ3) is 4.40. The van der Waals surface area contributed by atoms with Crippen LogP contribution in [0, 0.1) is 5.92 Å². The summed E-state index contributed by atoms with van der Waals surface area (Å²) in [5.74, 6) is 0.496. The average Bonchev–Trinajstić information content (AvgIpc) is 3.43. The standard InChI is InChI=1S/C21H33N5O2/c1-2-4-19-18(13-22-24-19)21(28)25-11-8-17(9-12-25)26-10-3-5-15(14-26)20(27)23-16-6-7-16/h13,15-17H,2-12,14H2,1H3,(H,22,24)(H,23,27)/t15-/m1/s1. The van der Waals surface area contributed by atoms with Gasteiger partial charge in [-0.1, -0.05) is 13.3 Å². The lowest BCUT2D eigenvalue weighted by Crippen LogP contribution is -2.51. The second kappa shape index (κ2) is 8.64. The molecule has 1 atom stereocenters. The van der Waals surface area contributed by atoms with Gasteiger partial charge in [0.05, 0.1) is 17.7 Å². The van der Waals surface area contributed by atoms with Crippen molar-refractivity contribution in [1.29, 1.82) is 0 Å². The van der Waals surface area contributed by atoms with Gasteiger partial charge in [0.15, 0.2) is 0 Å². The second-order valence-electron chi connectivity index (χ2n) is 8.65. The summed E-state index contributed by atoms with van der Waals surface area (Å²) < 4.78 is 0. The van der Waals surface area contributed by atoms with E-state index in [9.17, 15) is 9.59 Å². The van der Waals surface area contributed by atoms with E-state index in [-0.39, 0.29) is 17.7 Å². The van der Waals surface area contributed by atoms with Crippen molar-refractivity contribution in [2.24, 2.45) is 5.92 Å². The molecule has 0 unspecified atom stereocenters. The molecule has 7 nitrogen and oxygen atoms in total. The van der Waals surface area contributed by atoms with Crippen molar-refractivity contribution in [3.05, 3.63) is 17.5 Å². The Morgan fingerprint density at radius 1 is 1.18 bits per heavy atom. The smallest absolute Gasteiger partial charge is 0.257 e. The Kier molecular flexibility index (Phi) is 5.99. The summed E-state index contributed by atoms with van der Waals surface area (Å²) in [6.45, 7) is 5.64. The number of nitrogens with zero attached hydrogens (tertiary/aromatic N) is 3. The minimum atomic E-state index is 0.107. The number of carbonyl (C=O) groups excluding carboxylic acids is 2. The lowest BCUT2D eigenvalue weighted by atomic mass is 9.93. The van der Waals surface area contributed by atoms with Gasteiger partial charge in [0.1, 0.15) is 0 Å². The maximum atomic E-state index is 12.9. The highest BCUT2D eigenvalue weighted by atomic mass is 16.2. The molecule has 28 heavy (non-hydrogen) atoms. The van der Waals surface area contributed by atoms with Gasteiger partial charge in [-0.05, 0) is 51.5 Å². The van der Waals surface area contributed by atoms with Gasteiger partial charge in [-0.25, -0.2) is 0 Å². The summed E-state index contributed by atoms with van der Waals surface area (Å²) in [7, 11) is 0. The molecule has 1 aliphatic carbocycles. The predicted molar refractivity (Wildman–Crippen MR) is 107 cm³/mol. The molecule has 0 aromatic carbocycles. The number of carbonyl (C=O) groups is 2. The number of rotatable bonds is 6. The van der Waals surface area contributed by atoms with E-state index in [2.05, 4.69) is 27.3 Å². The molecule has 2 saturated heterocycles. The van der Waals surface area contributed by atoms with Gasteiger partial charge < -0.3 is 10.2 Å². The van der Waals surface area contributed by atoms with Crippen molar-refractivity contribution in [2.75, 3.05) is 26.2 Å². The molecule has 154 valence electrons. The van der Waals surface area contributed by atoms with Gasteiger partial charge in [-0.3, -0.25) is 19.6 Å². The fraction of sp³-hybridized carbons (Fsp3) is 0.762. The summed E-state index contributed by atoms with van der Waals surface area (Å²) in [5, 5.41) is 10.2. The highest BCUT2D eigenvalue weighted by Crippen LogP contribution is 2.26. The predicted octanol–water partition coefficient (Wildman–Crippen LogP) is 1.96. The molecule has 2 amide bonds. The van der Waals surface area contributed by atoms with Crippen LogP contribution in [0.25, 0.3) is 0 Å². The Balaban J connectivity index is 1.29. The summed E-state index contributed by atoms with van der Waals surface area (Å²) in [4.78, 5) is 29.8. The third-order valence-corrected chi connectivity index (χ3v) is 6.46. The molecule has 0 spiro atoms. The van der Waals surface area contributed by atoms with E-state index < -0.39 is 0 Å². The topological polar surface area (TPSA) is 81.3 Å². The Labute approximate surface area is 167 Å². The van der Waals surface area contributed by atoms with Crippen LogP contribution in [0.4, 0.5) is 0 Å². The van der Waals surface area contributed by atoms with Crippen LogP contribution < -0.4 is 5.32 Å². The first-order valence-electron chi connectivity index (χ1n) is 11.0. The van der Waals surface area contributed by atoms with Gasteiger partial charge in [0.2, 0.25) is 5.91 Å². The molecule has 0 radical (unpaired) electrons. The van der Waals surface area contributed by atoms with Crippen LogP contribution >= 0.6 is 0 Å². The molecule has 4 rings (SSSR count). The maximum Gasteiger partial charge on any atom is 0.257 e. The molecular weight excluding hydrogens is 354 g/mol. The maximum absolute atomic E-state index is 12.9. The summed E-state index contributed by atoms with van der Waals surface area (Å²) >= 11 is 0. The number of aromatic amines is 1. The number of nitrogens with one attached hydrogen (secondary N) is 2. The number of H-pyrrole nitrogens is 1. The summed E-state index contributed by atoms with van der Waals surface area (Å²) in [6.07, 6.45) is 9.89. The first kappa shape index (κ1) is 19.4. The van der Waals surface area contributed by atoms with Crippen LogP contribution in [0.2, 0.25) is 0 Å². The Bertz CT molecular complexity index is 691. The molecule has 3 aliphatic rings. The third-order valence-electron chi connectivity index (χ3n) is 6.46. The number of aryl methyl sites for hydroxylation is 1. The largest absolute Gasteiger partial charge is 0.353 e. The molecule has 2 N–H and O–H groups in total. The van der Waals surface area contributed by atoms with Crippen molar-refractivity contribution >= 4 is 11.8 Å². The second-order valence-corrected chi connectivity index (χ2v) is 8.65. The van der Waals surface area contributed by atoms with Gasteiger partial charge >= 0.3 is 0 Å². The Hall–Kier alpha value is -1.89. The molecular formula is C21H33N5O2. The van der Waals surface area contributed by atoms with Crippen LogP contribution in [0.15, 0.2) is 6.20 Å². The van der Waals surface area contributed by atoms with E-state index in [0.29, 0.717) is 12.1 Å². The zero-order valence-corrected chi connectivity index (χ0v) is 17.0. The van der Waals surface area contributed by atoms with E-state index in [0.717, 1.165) is 88.8 Å².